The molecule has 7 nitrogen and oxygen atoms in total. The molecule has 0 spiro atoms. The van der Waals surface area contributed by atoms with E-state index in [4.69, 9.17) is 10.5 Å². The van der Waals surface area contributed by atoms with Crippen LogP contribution in [0, 0.1) is 0 Å². The van der Waals surface area contributed by atoms with Gasteiger partial charge in [-0.3, -0.25) is 4.90 Å². The minimum Gasteiger partial charge on any atom is -0.481 e. The lowest BCUT2D eigenvalue weighted by atomic mass is 10.0. The third-order valence-electron chi connectivity index (χ3n) is 5.17. The molecule has 3 aromatic rings. The lowest BCUT2D eigenvalue weighted by molar-refractivity contribution is 0.211. The van der Waals surface area contributed by atoms with Crippen LogP contribution in [0.1, 0.15) is 18.4 Å². The van der Waals surface area contributed by atoms with Crippen LogP contribution in [0.15, 0.2) is 54.7 Å². The summed E-state index contributed by atoms with van der Waals surface area (Å²) in [6, 6.07) is 16.6. The second kappa shape index (κ2) is 8.87. The van der Waals surface area contributed by atoms with Crippen LogP contribution in [-0.2, 0) is 6.54 Å². The molecule has 1 aromatic carbocycles. The van der Waals surface area contributed by atoms with Crippen molar-refractivity contribution in [2.45, 2.75) is 25.4 Å². The van der Waals surface area contributed by atoms with Gasteiger partial charge in [-0.25, -0.2) is 9.97 Å². The van der Waals surface area contributed by atoms with Crippen molar-refractivity contribution in [3.63, 3.8) is 0 Å². The quantitative estimate of drug-likeness (QED) is 0.668. The van der Waals surface area contributed by atoms with E-state index >= 15 is 0 Å². The highest BCUT2D eigenvalue weighted by atomic mass is 16.5. The monoisotopic (exact) mass is 390 g/mol. The Kier molecular flexibility index (Phi) is 5.86. The van der Waals surface area contributed by atoms with Crippen molar-refractivity contribution in [3.05, 3.63) is 60.3 Å². The van der Waals surface area contributed by atoms with Gasteiger partial charge in [0.25, 0.3) is 0 Å². The van der Waals surface area contributed by atoms with Crippen molar-refractivity contribution in [3.8, 4) is 17.1 Å². The van der Waals surface area contributed by atoms with Gasteiger partial charge >= 0.3 is 0 Å². The number of nitrogens with two attached hydrogens (primary N) is 1. The molecular formula is C22H26N6O. The van der Waals surface area contributed by atoms with E-state index in [0.717, 1.165) is 49.6 Å². The fraction of sp³-hybridized carbons (Fsp3) is 0.318. The molecule has 0 unspecified atom stereocenters. The Labute approximate surface area is 171 Å². The molecule has 3 N–H and O–H groups in total. The summed E-state index contributed by atoms with van der Waals surface area (Å²) in [5.41, 5.74) is 8.93. The Morgan fingerprint density at radius 1 is 1.10 bits per heavy atom. The fourth-order valence-corrected chi connectivity index (χ4v) is 3.63. The van der Waals surface area contributed by atoms with Crippen LogP contribution in [0.25, 0.3) is 11.3 Å². The smallest absolute Gasteiger partial charge is 0.222 e. The number of anilines is 2. The molecule has 0 atom stereocenters. The van der Waals surface area contributed by atoms with E-state index in [1.165, 1.54) is 5.56 Å². The molecule has 1 saturated heterocycles. The molecular weight excluding hydrogens is 364 g/mol. The fourth-order valence-electron chi connectivity index (χ4n) is 3.63. The number of rotatable bonds is 6. The van der Waals surface area contributed by atoms with Gasteiger partial charge in [0.2, 0.25) is 11.8 Å². The number of hydrogen-bond donors (Lipinski definition) is 2. The van der Waals surface area contributed by atoms with Crippen LogP contribution in [-0.4, -0.2) is 46.1 Å². The van der Waals surface area contributed by atoms with Gasteiger partial charge in [-0.2, -0.15) is 4.98 Å². The highest BCUT2D eigenvalue weighted by Crippen LogP contribution is 2.23. The van der Waals surface area contributed by atoms with E-state index in [1.807, 2.05) is 18.2 Å². The lowest BCUT2D eigenvalue weighted by Gasteiger charge is -2.32. The number of hydrogen-bond acceptors (Lipinski definition) is 7. The van der Waals surface area contributed by atoms with Crippen LogP contribution in [0.2, 0.25) is 0 Å². The van der Waals surface area contributed by atoms with Gasteiger partial charge in [0.1, 0.15) is 5.82 Å². The van der Waals surface area contributed by atoms with Crippen molar-refractivity contribution in [2.75, 3.05) is 31.2 Å². The Morgan fingerprint density at radius 2 is 1.90 bits per heavy atom. The highest BCUT2D eigenvalue weighted by molar-refractivity contribution is 5.63. The Hall–Kier alpha value is -3.19. The van der Waals surface area contributed by atoms with E-state index < -0.39 is 0 Å². The Balaban J connectivity index is 1.38. The third kappa shape index (κ3) is 5.00. The molecule has 1 aliphatic rings. The van der Waals surface area contributed by atoms with E-state index in [-0.39, 0.29) is 5.95 Å². The Morgan fingerprint density at radius 3 is 2.59 bits per heavy atom. The molecule has 1 aliphatic heterocycles. The molecule has 0 aliphatic carbocycles. The third-order valence-corrected chi connectivity index (χ3v) is 5.17. The van der Waals surface area contributed by atoms with Crippen LogP contribution < -0.4 is 15.8 Å². The zero-order chi connectivity index (χ0) is 20.1. The molecule has 3 heterocycles. The van der Waals surface area contributed by atoms with Crippen LogP contribution >= 0.6 is 0 Å². The topological polar surface area (TPSA) is 89.2 Å². The second-order valence-electron chi connectivity index (χ2n) is 7.27. The highest BCUT2D eigenvalue weighted by Gasteiger charge is 2.20. The summed E-state index contributed by atoms with van der Waals surface area (Å²) < 4.78 is 5.11. The zero-order valence-corrected chi connectivity index (χ0v) is 16.6. The summed E-state index contributed by atoms with van der Waals surface area (Å²) in [6.07, 6.45) is 3.86. The zero-order valence-electron chi connectivity index (χ0n) is 16.6. The molecule has 0 bridgehead atoms. The number of nitrogens with zero attached hydrogens (tertiary/aromatic N) is 4. The lowest BCUT2D eigenvalue weighted by Crippen LogP contribution is -2.38. The van der Waals surface area contributed by atoms with Crippen molar-refractivity contribution < 1.29 is 4.74 Å². The maximum absolute atomic E-state index is 5.95. The largest absolute Gasteiger partial charge is 0.481 e. The predicted octanol–water partition coefficient (Wildman–Crippen LogP) is 3.21. The SMILES string of the molecule is COc1ccc(-c2cc(NC3CCN(Cc4ccccc4)CC3)nc(N)n2)cn1. The summed E-state index contributed by atoms with van der Waals surface area (Å²) in [4.78, 5) is 15.5. The summed E-state index contributed by atoms with van der Waals surface area (Å²) in [7, 11) is 1.60. The molecule has 0 saturated carbocycles. The molecule has 150 valence electrons. The van der Waals surface area contributed by atoms with E-state index in [2.05, 4.69) is 55.5 Å². The summed E-state index contributed by atoms with van der Waals surface area (Å²) in [5, 5.41) is 3.54. The number of methoxy groups -OCH3 is 1. The first-order valence-electron chi connectivity index (χ1n) is 9.87. The standard InChI is InChI=1S/C22H26N6O/c1-29-21-8-7-17(14-24-21)19-13-20(27-22(23)26-19)25-18-9-11-28(12-10-18)15-16-5-3-2-4-6-16/h2-8,13-14,18H,9-12,15H2,1H3,(H3,23,25,26,27). The second-order valence-corrected chi connectivity index (χ2v) is 7.27. The van der Waals surface area contributed by atoms with Gasteiger partial charge < -0.3 is 15.8 Å². The number of aromatic nitrogens is 3. The van der Waals surface area contributed by atoms with Crippen LogP contribution in [0.5, 0.6) is 5.88 Å². The van der Waals surface area contributed by atoms with Crippen molar-refractivity contribution in [1.82, 2.24) is 19.9 Å². The first-order chi connectivity index (χ1) is 14.2. The number of ether oxygens (including phenoxy) is 1. The molecule has 29 heavy (non-hydrogen) atoms. The molecule has 0 amide bonds. The molecule has 7 heteroatoms. The number of pyridine rings is 1. The van der Waals surface area contributed by atoms with Crippen LogP contribution in [0.3, 0.4) is 0 Å². The summed E-state index contributed by atoms with van der Waals surface area (Å²) in [6.45, 7) is 3.12. The van der Waals surface area contributed by atoms with Gasteiger partial charge in [0.05, 0.1) is 12.8 Å². The summed E-state index contributed by atoms with van der Waals surface area (Å²) >= 11 is 0. The van der Waals surface area contributed by atoms with E-state index in [1.54, 1.807) is 13.3 Å². The summed E-state index contributed by atoms with van der Waals surface area (Å²) in [5.74, 6) is 1.57. The van der Waals surface area contributed by atoms with E-state index in [9.17, 15) is 0 Å². The van der Waals surface area contributed by atoms with Gasteiger partial charge in [0.15, 0.2) is 0 Å². The average molecular weight is 390 g/mol. The molecule has 0 radical (unpaired) electrons. The van der Waals surface area contributed by atoms with Gasteiger partial charge in [0, 0.05) is 49.6 Å². The first-order valence-corrected chi connectivity index (χ1v) is 9.87. The minimum absolute atomic E-state index is 0.252. The van der Waals surface area contributed by atoms with Crippen molar-refractivity contribution in [2.24, 2.45) is 0 Å². The number of piperidine rings is 1. The number of likely N-dealkylation sites (tertiary alicyclic amines) is 1. The predicted molar refractivity (Wildman–Crippen MR) is 115 cm³/mol. The first kappa shape index (κ1) is 19.1. The number of benzene rings is 1. The van der Waals surface area contributed by atoms with Gasteiger partial charge in [-0.15, -0.1) is 0 Å². The van der Waals surface area contributed by atoms with Crippen molar-refractivity contribution >= 4 is 11.8 Å². The molecule has 4 rings (SSSR count). The Bertz CT molecular complexity index is 924. The van der Waals surface area contributed by atoms with Crippen LogP contribution in [0.4, 0.5) is 11.8 Å². The molecule has 1 fully saturated rings. The average Bonchev–Trinajstić information content (AvgIpc) is 2.75. The minimum atomic E-state index is 0.252. The van der Waals surface area contributed by atoms with Gasteiger partial charge in [-0.1, -0.05) is 30.3 Å². The normalized spacial score (nSPS) is 15.2. The van der Waals surface area contributed by atoms with E-state index in [0.29, 0.717) is 11.9 Å². The maximum Gasteiger partial charge on any atom is 0.222 e. The van der Waals surface area contributed by atoms with Gasteiger partial charge in [-0.05, 0) is 24.5 Å². The number of nitrogen functional groups attached to an aromatic ring is 1. The molecule has 2 aromatic heterocycles. The number of nitrogens with one attached hydrogen (secondary N) is 1. The van der Waals surface area contributed by atoms with Crippen molar-refractivity contribution in [1.29, 1.82) is 0 Å². The maximum atomic E-state index is 5.95.